The van der Waals surface area contributed by atoms with Gasteiger partial charge in [-0.15, -0.1) is 0 Å². The molecule has 0 aliphatic carbocycles. The molecule has 0 saturated heterocycles. The van der Waals surface area contributed by atoms with Crippen LogP contribution >= 0.6 is 0 Å². The Kier molecular flexibility index (Phi) is 5.99. The molecule has 0 aromatic rings. The number of hydrogen-bond acceptors (Lipinski definition) is 3. The van der Waals surface area contributed by atoms with Crippen molar-refractivity contribution in [3.05, 3.63) is 0 Å². The Morgan fingerprint density at radius 1 is 1.10 bits per heavy atom. The Balaban J connectivity index is 4.47. The molecule has 0 rings (SSSR count). The van der Waals surface area contributed by atoms with E-state index in [4.69, 9.17) is 0 Å². The minimum absolute atomic E-state index is 0.00486. The number of carbonyl (C=O) groups is 3. The molecule has 0 aromatic heterocycles. The lowest BCUT2D eigenvalue weighted by Crippen LogP contribution is -2.59. The average molecular weight is 287 g/mol. The second kappa shape index (κ2) is 6.58. The van der Waals surface area contributed by atoms with Crippen LogP contribution in [-0.2, 0) is 9.59 Å². The summed E-state index contributed by atoms with van der Waals surface area (Å²) in [6.07, 6.45) is 0. The molecule has 0 saturated carbocycles. The van der Waals surface area contributed by atoms with Crippen molar-refractivity contribution in [1.82, 2.24) is 16.0 Å². The fourth-order valence-corrected chi connectivity index (χ4v) is 1.29. The topological polar surface area (TPSA) is 108 Å². The molecule has 4 N–H and O–H groups in total. The molecule has 0 aliphatic heterocycles. The molecule has 3 amide bonds. The van der Waals surface area contributed by atoms with E-state index in [1.807, 2.05) is 13.8 Å². The third-order valence-corrected chi connectivity index (χ3v) is 3.38. The molecule has 0 heterocycles. The molecular weight excluding hydrogens is 262 g/mol. The summed E-state index contributed by atoms with van der Waals surface area (Å²) in [7, 11) is 0. The van der Waals surface area contributed by atoms with Gasteiger partial charge >= 0.3 is 12.0 Å². The molecule has 0 atom stereocenters. The van der Waals surface area contributed by atoms with Gasteiger partial charge in [0.2, 0.25) is 5.91 Å². The monoisotopic (exact) mass is 287 g/mol. The van der Waals surface area contributed by atoms with Crippen molar-refractivity contribution in [2.24, 2.45) is 5.41 Å². The van der Waals surface area contributed by atoms with Gasteiger partial charge in [-0.25, -0.2) is 4.79 Å². The Morgan fingerprint density at radius 3 is 2.00 bits per heavy atom. The largest absolute Gasteiger partial charge is 0.481 e. The van der Waals surface area contributed by atoms with Gasteiger partial charge in [0.25, 0.3) is 0 Å². The number of carboxylic acid groups (broad SMARTS) is 1. The van der Waals surface area contributed by atoms with Gasteiger partial charge < -0.3 is 21.1 Å². The molecule has 20 heavy (non-hydrogen) atoms. The van der Waals surface area contributed by atoms with Crippen molar-refractivity contribution >= 4 is 17.9 Å². The van der Waals surface area contributed by atoms with Crippen LogP contribution in [0.3, 0.4) is 0 Å². The lowest BCUT2D eigenvalue weighted by atomic mass is 9.74. The zero-order valence-electron chi connectivity index (χ0n) is 13.0. The van der Waals surface area contributed by atoms with Crippen LogP contribution in [0.2, 0.25) is 0 Å². The summed E-state index contributed by atoms with van der Waals surface area (Å²) in [6, 6.07) is -0.585. The number of amides is 3. The first kappa shape index (κ1) is 18.2. The third kappa shape index (κ3) is 5.07. The molecule has 0 bridgehead atoms. The fourth-order valence-electron chi connectivity index (χ4n) is 1.29. The summed E-state index contributed by atoms with van der Waals surface area (Å²) in [4.78, 5) is 34.3. The first-order chi connectivity index (χ1) is 8.90. The molecule has 0 unspecified atom stereocenters. The second-order valence-electron chi connectivity index (χ2n) is 6.09. The Hall–Kier alpha value is -1.79. The number of aliphatic carboxylic acids is 1. The maximum atomic E-state index is 11.7. The zero-order chi connectivity index (χ0) is 16.1. The maximum absolute atomic E-state index is 11.7. The molecule has 0 fully saturated rings. The lowest BCUT2D eigenvalue weighted by Gasteiger charge is -2.38. The molecule has 0 spiro atoms. The van der Waals surface area contributed by atoms with Crippen molar-refractivity contribution in [3.63, 3.8) is 0 Å². The van der Waals surface area contributed by atoms with Crippen LogP contribution in [-0.4, -0.2) is 41.1 Å². The average Bonchev–Trinajstić information content (AvgIpc) is 2.24. The number of carbonyl (C=O) groups excluding carboxylic acids is 2. The molecular formula is C13H25N3O4. The predicted octanol–water partition coefficient (Wildman–Crippen LogP) is 0.700. The molecule has 7 heteroatoms. The Morgan fingerprint density at radius 2 is 1.60 bits per heavy atom. The highest BCUT2D eigenvalue weighted by atomic mass is 16.4. The summed E-state index contributed by atoms with van der Waals surface area (Å²) in [6.45, 7) is 9.77. The highest BCUT2D eigenvalue weighted by Gasteiger charge is 2.44. The van der Waals surface area contributed by atoms with Crippen molar-refractivity contribution in [1.29, 1.82) is 0 Å². The lowest BCUT2D eigenvalue weighted by molar-refractivity contribution is -0.150. The van der Waals surface area contributed by atoms with Crippen LogP contribution in [0.15, 0.2) is 0 Å². The summed E-state index contributed by atoms with van der Waals surface area (Å²) >= 11 is 0. The summed E-state index contributed by atoms with van der Waals surface area (Å²) in [5.41, 5.74) is -2.12. The predicted molar refractivity (Wildman–Crippen MR) is 75.3 cm³/mol. The molecule has 0 radical (unpaired) electrons. The summed E-state index contributed by atoms with van der Waals surface area (Å²) in [5, 5.41) is 16.8. The van der Waals surface area contributed by atoms with Gasteiger partial charge in [0.05, 0.1) is 17.5 Å². The van der Waals surface area contributed by atoms with Crippen molar-refractivity contribution in [2.45, 2.75) is 53.1 Å². The van der Waals surface area contributed by atoms with Gasteiger partial charge in [-0.1, -0.05) is 0 Å². The molecule has 116 valence electrons. The SMILES string of the molecule is CC(C)NC(=O)CNC(=O)NC(C)(C)C(C)(C)C(=O)O. The summed E-state index contributed by atoms with van der Waals surface area (Å²) in [5.74, 6) is -1.31. The van der Waals surface area contributed by atoms with E-state index in [-0.39, 0.29) is 18.5 Å². The van der Waals surface area contributed by atoms with Gasteiger partial charge in [-0.05, 0) is 41.5 Å². The quantitative estimate of drug-likeness (QED) is 0.576. The van der Waals surface area contributed by atoms with Crippen molar-refractivity contribution < 1.29 is 19.5 Å². The Labute approximate surface area is 119 Å². The molecule has 7 nitrogen and oxygen atoms in total. The maximum Gasteiger partial charge on any atom is 0.315 e. The van der Waals surface area contributed by atoms with E-state index < -0.39 is 23.0 Å². The number of rotatable bonds is 6. The third-order valence-electron chi connectivity index (χ3n) is 3.38. The molecule has 0 aliphatic rings. The second-order valence-corrected chi connectivity index (χ2v) is 6.09. The van der Waals surface area contributed by atoms with Gasteiger partial charge in [0, 0.05) is 6.04 Å². The van der Waals surface area contributed by atoms with E-state index in [0.717, 1.165) is 0 Å². The van der Waals surface area contributed by atoms with Crippen LogP contribution in [0.5, 0.6) is 0 Å². The van der Waals surface area contributed by atoms with Gasteiger partial charge in [0.15, 0.2) is 0 Å². The zero-order valence-corrected chi connectivity index (χ0v) is 13.0. The van der Waals surface area contributed by atoms with Gasteiger partial charge in [-0.2, -0.15) is 0 Å². The van der Waals surface area contributed by atoms with Crippen molar-refractivity contribution in [2.75, 3.05) is 6.54 Å². The van der Waals surface area contributed by atoms with E-state index in [2.05, 4.69) is 16.0 Å². The van der Waals surface area contributed by atoms with E-state index in [1.54, 1.807) is 13.8 Å². The molecule has 0 aromatic carbocycles. The number of urea groups is 1. The first-order valence-corrected chi connectivity index (χ1v) is 6.49. The first-order valence-electron chi connectivity index (χ1n) is 6.49. The van der Waals surface area contributed by atoms with E-state index in [1.165, 1.54) is 13.8 Å². The van der Waals surface area contributed by atoms with Crippen LogP contribution in [0, 0.1) is 5.41 Å². The van der Waals surface area contributed by atoms with E-state index >= 15 is 0 Å². The smallest absolute Gasteiger partial charge is 0.315 e. The number of hydrogen-bond donors (Lipinski definition) is 4. The highest BCUT2D eigenvalue weighted by Crippen LogP contribution is 2.30. The minimum Gasteiger partial charge on any atom is -0.481 e. The van der Waals surface area contributed by atoms with Gasteiger partial charge in [0.1, 0.15) is 0 Å². The Bertz CT molecular complexity index is 389. The van der Waals surface area contributed by atoms with Crippen molar-refractivity contribution in [3.8, 4) is 0 Å². The van der Waals surface area contributed by atoms with Crippen LogP contribution in [0.25, 0.3) is 0 Å². The van der Waals surface area contributed by atoms with Crippen LogP contribution < -0.4 is 16.0 Å². The normalized spacial score (nSPS) is 11.9. The van der Waals surface area contributed by atoms with E-state index in [9.17, 15) is 19.5 Å². The standard InChI is InChI=1S/C13H25N3O4/c1-8(2)15-9(17)7-14-11(20)16-13(5,6)12(3,4)10(18)19/h8H,7H2,1-6H3,(H,15,17)(H,18,19)(H2,14,16,20). The van der Waals surface area contributed by atoms with Crippen LogP contribution in [0.4, 0.5) is 4.79 Å². The fraction of sp³-hybridized carbons (Fsp3) is 0.769. The number of nitrogens with one attached hydrogen (secondary N) is 3. The highest BCUT2D eigenvalue weighted by molar-refractivity contribution is 5.85. The minimum atomic E-state index is -1.15. The summed E-state index contributed by atoms with van der Waals surface area (Å²) < 4.78 is 0. The van der Waals surface area contributed by atoms with Gasteiger partial charge in [-0.3, -0.25) is 9.59 Å². The van der Waals surface area contributed by atoms with E-state index in [0.29, 0.717) is 0 Å². The van der Waals surface area contributed by atoms with Crippen LogP contribution in [0.1, 0.15) is 41.5 Å². The number of carboxylic acids is 1.